The van der Waals surface area contributed by atoms with E-state index in [0.29, 0.717) is 11.5 Å². The zero-order chi connectivity index (χ0) is 45.3. The minimum Gasteiger partial charge on any atom is -0.509 e. The molecule has 0 unspecified atom stereocenters. The van der Waals surface area contributed by atoms with E-state index in [1.807, 2.05) is 12.3 Å². The van der Waals surface area contributed by atoms with E-state index in [-0.39, 0.29) is 37.3 Å². The molecule has 3 heterocycles. The van der Waals surface area contributed by atoms with Crippen LogP contribution in [0.5, 0.6) is 11.5 Å². The molecule has 5 nitrogen and oxygen atoms in total. The van der Waals surface area contributed by atoms with E-state index in [9.17, 15) is 0 Å². The maximum Gasteiger partial charge on any atom is 0.135 e. The number of nitrogens with zero attached hydrogens (tertiary/aromatic N) is 4. The standard InChI is InChI=1S/C60H55N4O.Pt/c1-40-31-55-56(32-41(40)2)63(39-62(55)47-24-18-23-45(33-47)59(6,7)42-19-12-10-13-20-42)48-34-46(60(8,9)43-21-14-11-15-22-43)35-50(37-48)65-49-27-28-52-51-25-16-17-26-53(51)64(54(52)38-49)57-36-44(29-30-61-57)58(3,4)5;/h10-36,39H,1-9H3;/q-3;. The number of aromatic nitrogens is 2. The fraction of sp³-hybridized carbons (Fsp3) is 0.200. The summed E-state index contributed by atoms with van der Waals surface area (Å²) in [6.45, 7) is 22.5. The molecule has 0 bridgehead atoms. The minimum atomic E-state index is -0.365. The number of aryl methyl sites for hydroxylation is 2. The maximum atomic E-state index is 6.96. The van der Waals surface area contributed by atoms with Crippen LogP contribution in [-0.4, -0.2) is 9.55 Å². The second kappa shape index (κ2) is 17.1. The first kappa shape index (κ1) is 44.8. The fourth-order valence-corrected chi connectivity index (χ4v) is 9.27. The second-order valence-corrected chi connectivity index (χ2v) is 19.6. The summed E-state index contributed by atoms with van der Waals surface area (Å²) in [6, 6.07) is 63.9. The van der Waals surface area contributed by atoms with Crippen molar-refractivity contribution in [3.63, 3.8) is 0 Å². The Kier molecular flexibility index (Phi) is 11.6. The smallest absolute Gasteiger partial charge is 0.135 e. The maximum absolute atomic E-state index is 6.96. The Hall–Kier alpha value is -6.42. The van der Waals surface area contributed by atoms with Crippen LogP contribution in [0.15, 0.2) is 164 Å². The SMILES string of the molecule is Cc1cc2c(cc1C)N(c1cccc(C(C)(C)c3ccccc3)c1)[CH-]N2c1[c-]c(Oc2[c-]c3c(cc2)c2ccccc2n3-c2cc(C(C)(C)C)ccn2)cc(C(C)(C)c2ccccc2)c1.[Pt]. The van der Waals surface area contributed by atoms with Gasteiger partial charge in [0.05, 0.1) is 0 Å². The Balaban J connectivity index is 0.00000548. The van der Waals surface area contributed by atoms with Crippen molar-refractivity contribution in [3.05, 3.63) is 222 Å². The Morgan fingerprint density at radius 1 is 0.515 bits per heavy atom. The molecule has 0 fully saturated rings. The van der Waals surface area contributed by atoms with Gasteiger partial charge in [0.1, 0.15) is 5.82 Å². The van der Waals surface area contributed by atoms with Gasteiger partial charge in [-0.1, -0.05) is 145 Å². The molecule has 1 aliphatic rings. The van der Waals surface area contributed by atoms with Crippen LogP contribution in [0.2, 0.25) is 0 Å². The molecule has 9 aromatic rings. The van der Waals surface area contributed by atoms with Crippen LogP contribution in [0.1, 0.15) is 87.4 Å². The van der Waals surface area contributed by atoms with E-state index in [1.54, 1.807) is 0 Å². The van der Waals surface area contributed by atoms with E-state index in [1.165, 1.54) is 33.4 Å². The second-order valence-electron chi connectivity index (χ2n) is 19.6. The van der Waals surface area contributed by atoms with Crippen LogP contribution < -0.4 is 14.5 Å². The van der Waals surface area contributed by atoms with Crippen molar-refractivity contribution in [2.45, 2.75) is 78.6 Å². The van der Waals surface area contributed by atoms with Crippen LogP contribution in [0, 0.1) is 32.6 Å². The molecule has 0 atom stereocenters. The molecule has 0 N–H and O–H groups in total. The average molecular weight is 1040 g/mol. The Morgan fingerprint density at radius 2 is 1.14 bits per heavy atom. The van der Waals surface area contributed by atoms with Crippen LogP contribution >= 0.6 is 0 Å². The summed E-state index contributed by atoms with van der Waals surface area (Å²) in [5.74, 6) is 2.06. The van der Waals surface area contributed by atoms with Gasteiger partial charge in [-0.15, -0.1) is 53.6 Å². The Bertz CT molecular complexity index is 3240. The van der Waals surface area contributed by atoms with Crippen LogP contribution in [0.25, 0.3) is 27.6 Å². The van der Waals surface area contributed by atoms with Gasteiger partial charge in [-0.05, 0) is 106 Å². The number of fused-ring (bicyclic) bond motifs is 4. The van der Waals surface area contributed by atoms with Crippen molar-refractivity contribution in [1.29, 1.82) is 0 Å². The number of para-hydroxylation sites is 1. The van der Waals surface area contributed by atoms with Crippen molar-refractivity contribution >= 4 is 44.6 Å². The summed E-state index contributed by atoms with van der Waals surface area (Å²) in [4.78, 5) is 9.49. The summed E-state index contributed by atoms with van der Waals surface area (Å²) in [5, 5.41) is 2.23. The molecular formula is C60H55N4OPt-3. The van der Waals surface area contributed by atoms with Gasteiger partial charge in [-0.25, -0.2) is 4.98 Å². The monoisotopic (exact) mass is 1040 g/mol. The normalized spacial score (nSPS) is 13.0. The van der Waals surface area contributed by atoms with E-state index < -0.39 is 0 Å². The number of rotatable bonds is 9. The van der Waals surface area contributed by atoms with E-state index in [0.717, 1.165) is 55.9 Å². The predicted octanol–water partition coefficient (Wildman–Crippen LogP) is 15.5. The van der Waals surface area contributed by atoms with Crippen molar-refractivity contribution in [1.82, 2.24) is 9.55 Å². The summed E-state index contributed by atoms with van der Waals surface area (Å²) in [7, 11) is 0. The number of hydrogen-bond donors (Lipinski definition) is 0. The number of anilines is 4. The first-order valence-electron chi connectivity index (χ1n) is 22.6. The third kappa shape index (κ3) is 8.02. The molecule has 2 aromatic heterocycles. The van der Waals surface area contributed by atoms with Gasteiger partial charge in [0.25, 0.3) is 0 Å². The van der Waals surface area contributed by atoms with E-state index in [4.69, 9.17) is 9.72 Å². The van der Waals surface area contributed by atoms with Crippen molar-refractivity contribution in [3.8, 4) is 17.3 Å². The molecule has 0 amide bonds. The average Bonchev–Trinajstić information content (AvgIpc) is 3.84. The van der Waals surface area contributed by atoms with E-state index >= 15 is 0 Å². The number of pyridine rings is 1. The zero-order valence-corrected chi connectivity index (χ0v) is 41.5. The third-order valence-corrected chi connectivity index (χ3v) is 13.6. The van der Waals surface area contributed by atoms with Gasteiger partial charge in [0.2, 0.25) is 0 Å². The van der Waals surface area contributed by atoms with Gasteiger partial charge < -0.3 is 19.1 Å². The van der Waals surface area contributed by atoms with Gasteiger partial charge in [-0.2, -0.15) is 6.07 Å². The van der Waals surface area contributed by atoms with Crippen molar-refractivity contribution in [2.24, 2.45) is 0 Å². The molecule has 0 saturated carbocycles. The fourth-order valence-electron chi connectivity index (χ4n) is 9.27. The van der Waals surface area contributed by atoms with Gasteiger partial charge in [-0.3, -0.25) is 0 Å². The van der Waals surface area contributed by atoms with Gasteiger partial charge in [0.15, 0.2) is 0 Å². The summed E-state index contributed by atoms with van der Waals surface area (Å²) in [6.07, 6.45) is 1.91. The number of ether oxygens (including phenoxy) is 1. The van der Waals surface area contributed by atoms with Crippen molar-refractivity contribution < 1.29 is 25.8 Å². The number of hydrogen-bond acceptors (Lipinski definition) is 4. The molecule has 0 radical (unpaired) electrons. The molecule has 0 aliphatic carbocycles. The summed E-state index contributed by atoms with van der Waals surface area (Å²) < 4.78 is 9.17. The molecule has 1 aliphatic heterocycles. The summed E-state index contributed by atoms with van der Waals surface area (Å²) >= 11 is 0. The molecule has 0 saturated heterocycles. The molecule has 6 heteroatoms. The molecule has 334 valence electrons. The van der Waals surface area contributed by atoms with Gasteiger partial charge in [0, 0.05) is 66.8 Å². The first-order valence-corrected chi connectivity index (χ1v) is 22.6. The Labute approximate surface area is 405 Å². The molecule has 0 spiro atoms. The largest absolute Gasteiger partial charge is 0.509 e. The molecule has 10 rings (SSSR count). The van der Waals surface area contributed by atoms with Crippen LogP contribution in [0.3, 0.4) is 0 Å². The first-order chi connectivity index (χ1) is 31.2. The summed E-state index contributed by atoms with van der Waals surface area (Å²) in [5.41, 5.74) is 14.1. The van der Waals surface area contributed by atoms with E-state index in [2.05, 4.69) is 247 Å². The third-order valence-electron chi connectivity index (χ3n) is 13.6. The van der Waals surface area contributed by atoms with Gasteiger partial charge >= 0.3 is 0 Å². The quantitative estimate of drug-likeness (QED) is 0.135. The molecule has 66 heavy (non-hydrogen) atoms. The van der Waals surface area contributed by atoms with Crippen LogP contribution in [-0.2, 0) is 37.3 Å². The number of benzene rings is 7. The molecular weight excluding hydrogens is 988 g/mol. The Morgan fingerprint density at radius 3 is 1.82 bits per heavy atom. The predicted molar refractivity (Wildman–Crippen MR) is 270 cm³/mol. The minimum absolute atomic E-state index is 0. The topological polar surface area (TPSA) is 33.5 Å². The molecule has 7 aromatic carbocycles. The zero-order valence-electron chi connectivity index (χ0n) is 39.2. The van der Waals surface area contributed by atoms with Crippen molar-refractivity contribution in [2.75, 3.05) is 9.80 Å². The van der Waals surface area contributed by atoms with Crippen LogP contribution in [0.4, 0.5) is 22.7 Å².